The number of nitriles is 1. The molecule has 0 radical (unpaired) electrons. The van der Waals surface area contributed by atoms with Gasteiger partial charge in [0.15, 0.2) is 0 Å². The zero-order valence-electron chi connectivity index (χ0n) is 9.47. The molecule has 1 rings (SSSR count). The van der Waals surface area contributed by atoms with Crippen LogP contribution in [0.15, 0.2) is 0 Å². The summed E-state index contributed by atoms with van der Waals surface area (Å²) >= 11 is 0. The van der Waals surface area contributed by atoms with Crippen molar-refractivity contribution in [1.29, 1.82) is 5.26 Å². The van der Waals surface area contributed by atoms with Crippen LogP contribution >= 0.6 is 0 Å². The van der Waals surface area contributed by atoms with Gasteiger partial charge >= 0.3 is 0 Å². The van der Waals surface area contributed by atoms with Gasteiger partial charge in [-0.25, -0.2) is 0 Å². The van der Waals surface area contributed by atoms with Crippen LogP contribution in [0, 0.1) is 16.7 Å². The maximum absolute atomic E-state index is 8.63. The van der Waals surface area contributed by atoms with E-state index >= 15 is 0 Å². The molecular weight excluding hydrogens is 172 g/mol. The summed E-state index contributed by atoms with van der Waals surface area (Å²) in [4.78, 5) is 0. The molecule has 0 heterocycles. The summed E-state index contributed by atoms with van der Waals surface area (Å²) in [6, 6.07) is 2.64. The molecule has 0 aromatic carbocycles. The van der Waals surface area contributed by atoms with Crippen LogP contribution in [0.2, 0.25) is 0 Å². The maximum Gasteiger partial charge on any atom is 0.0638 e. The maximum atomic E-state index is 8.63. The summed E-state index contributed by atoms with van der Waals surface area (Å²) in [6.07, 6.45) is 7.17. The number of hydrogen-bond acceptors (Lipinski definition) is 2. The lowest BCUT2D eigenvalue weighted by Gasteiger charge is -2.26. The zero-order chi connectivity index (χ0) is 10.4. The molecule has 2 heteroatoms. The van der Waals surface area contributed by atoms with E-state index in [1.165, 1.54) is 25.7 Å². The van der Waals surface area contributed by atoms with Gasteiger partial charge in [0.25, 0.3) is 0 Å². The predicted molar refractivity (Wildman–Crippen MR) is 58.9 cm³/mol. The average molecular weight is 194 g/mol. The lowest BCUT2D eigenvalue weighted by atomic mass is 9.88. The average Bonchev–Trinajstić information content (AvgIpc) is 2.60. The summed E-state index contributed by atoms with van der Waals surface area (Å²) < 4.78 is 0. The number of nitrogens with one attached hydrogen (secondary N) is 1. The molecule has 1 saturated carbocycles. The molecule has 1 N–H and O–H groups in total. The summed E-state index contributed by atoms with van der Waals surface area (Å²) in [6.45, 7) is 5.60. The predicted octanol–water partition coefficient (Wildman–Crippen LogP) is 2.85. The Morgan fingerprint density at radius 2 is 2.07 bits per heavy atom. The molecular formula is C12H22N2. The third kappa shape index (κ3) is 3.31. The van der Waals surface area contributed by atoms with Crippen LogP contribution in [0.25, 0.3) is 0 Å². The molecule has 14 heavy (non-hydrogen) atoms. The Morgan fingerprint density at radius 1 is 1.43 bits per heavy atom. The molecule has 1 aliphatic carbocycles. The van der Waals surface area contributed by atoms with Crippen molar-refractivity contribution in [2.24, 2.45) is 5.41 Å². The highest BCUT2D eigenvalue weighted by Gasteiger charge is 2.28. The van der Waals surface area contributed by atoms with Crippen LogP contribution in [-0.4, -0.2) is 12.6 Å². The lowest BCUT2D eigenvalue weighted by Crippen LogP contribution is -2.36. The van der Waals surface area contributed by atoms with Crippen molar-refractivity contribution < 1.29 is 0 Å². The van der Waals surface area contributed by atoms with Gasteiger partial charge in [0.05, 0.1) is 12.5 Å². The molecule has 1 aliphatic rings. The van der Waals surface area contributed by atoms with Gasteiger partial charge in [-0.2, -0.15) is 5.26 Å². The minimum absolute atomic E-state index is 0.400. The standard InChI is InChI=1S/C12H22N2/c1-3-11(6-9-13)14-10-12(2)7-4-5-8-12/h11,14H,3-8,10H2,1-2H3. The first-order valence-corrected chi connectivity index (χ1v) is 5.80. The second kappa shape index (κ2) is 5.36. The largest absolute Gasteiger partial charge is 0.312 e. The fourth-order valence-corrected chi connectivity index (χ4v) is 2.27. The normalized spacial score (nSPS) is 21.8. The highest BCUT2D eigenvalue weighted by molar-refractivity contribution is 4.86. The SMILES string of the molecule is CCC(CC#N)NCC1(C)CCCC1. The van der Waals surface area contributed by atoms with Gasteiger partial charge in [-0.15, -0.1) is 0 Å². The monoisotopic (exact) mass is 194 g/mol. The first-order chi connectivity index (χ1) is 6.70. The molecule has 1 atom stereocenters. The van der Waals surface area contributed by atoms with Crippen molar-refractivity contribution in [1.82, 2.24) is 5.32 Å². The van der Waals surface area contributed by atoms with Gasteiger partial charge in [0.2, 0.25) is 0 Å². The highest BCUT2D eigenvalue weighted by atomic mass is 14.9. The van der Waals surface area contributed by atoms with Crippen molar-refractivity contribution in [3.8, 4) is 6.07 Å². The van der Waals surface area contributed by atoms with E-state index < -0.39 is 0 Å². The van der Waals surface area contributed by atoms with Crippen LogP contribution < -0.4 is 5.32 Å². The second-order valence-electron chi connectivity index (χ2n) is 4.87. The van der Waals surface area contributed by atoms with Crippen LogP contribution in [-0.2, 0) is 0 Å². The second-order valence-corrected chi connectivity index (χ2v) is 4.87. The molecule has 0 spiro atoms. The molecule has 0 aromatic heterocycles. The third-order valence-corrected chi connectivity index (χ3v) is 3.46. The van der Waals surface area contributed by atoms with Crippen LogP contribution in [0.3, 0.4) is 0 Å². The van der Waals surface area contributed by atoms with Gasteiger partial charge < -0.3 is 5.32 Å². The van der Waals surface area contributed by atoms with E-state index in [1.807, 2.05) is 0 Å². The molecule has 80 valence electrons. The Kier molecular flexibility index (Phi) is 4.41. The van der Waals surface area contributed by atoms with Gasteiger partial charge in [-0.05, 0) is 24.7 Å². The minimum atomic E-state index is 0.400. The van der Waals surface area contributed by atoms with Gasteiger partial charge in [0, 0.05) is 12.6 Å². The first kappa shape index (κ1) is 11.5. The fraction of sp³-hybridized carbons (Fsp3) is 0.917. The molecule has 0 amide bonds. The van der Waals surface area contributed by atoms with Crippen LogP contribution in [0.5, 0.6) is 0 Å². The first-order valence-electron chi connectivity index (χ1n) is 5.80. The van der Waals surface area contributed by atoms with Crippen molar-refractivity contribution in [3.63, 3.8) is 0 Å². The van der Waals surface area contributed by atoms with E-state index in [1.54, 1.807) is 0 Å². The summed E-state index contributed by atoms with van der Waals surface area (Å²) in [7, 11) is 0. The molecule has 0 saturated heterocycles. The van der Waals surface area contributed by atoms with E-state index in [0.29, 0.717) is 17.9 Å². The quantitative estimate of drug-likeness (QED) is 0.730. The molecule has 0 aromatic rings. The summed E-state index contributed by atoms with van der Waals surface area (Å²) in [5.74, 6) is 0. The molecule has 2 nitrogen and oxygen atoms in total. The van der Waals surface area contributed by atoms with E-state index in [0.717, 1.165) is 13.0 Å². The van der Waals surface area contributed by atoms with Crippen molar-refractivity contribution in [2.45, 2.75) is 58.4 Å². The molecule has 0 aliphatic heterocycles. The smallest absolute Gasteiger partial charge is 0.0638 e. The highest BCUT2D eigenvalue weighted by Crippen LogP contribution is 2.36. The van der Waals surface area contributed by atoms with Gasteiger partial charge in [-0.3, -0.25) is 0 Å². The minimum Gasteiger partial charge on any atom is -0.312 e. The molecule has 0 bridgehead atoms. The van der Waals surface area contributed by atoms with Crippen molar-refractivity contribution in [3.05, 3.63) is 0 Å². The number of nitrogens with zero attached hydrogens (tertiary/aromatic N) is 1. The Bertz CT molecular complexity index is 199. The Labute approximate surface area is 87.7 Å². The Balaban J connectivity index is 2.27. The van der Waals surface area contributed by atoms with E-state index in [-0.39, 0.29) is 0 Å². The number of hydrogen-bond donors (Lipinski definition) is 1. The van der Waals surface area contributed by atoms with Gasteiger partial charge in [-0.1, -0.05) is 26.7 Å². The number of rotatable bonds is 5. The van der Waals surface area contributed by atoms with Crippen LogP contribution in [0.4, 0.5) is 0 Å². The third-order valence-electron chi connectivity index (χ3n) is 3.46. The van der Waals surface area contributed by atoms with Crippen LogP contribution in [0.1, 0.15) is 52.4 Å². The molecule has 1 unspecified atom stereocenters. The van der Waals surface area contributed by atoms with Crippen molar-refractivity contribution in [2.75, 3.05) is 6.54 Å². The van der Waals surface area contributed by atoms with E-state index in [2.05, 4.69) is 25.2 Å². The van der Waals surface area contributed by atoms with Gasteiger partial charge in [0.1, 0.15) is 0 Å². The van der Waals surface area contributed by atoms with E-state index in [9.17, 15) is 0 Å². The fourth-order valence-electron chi connectivity index (χ4n) is 2.27. The summed E-state index contributed by atoms with van der Waals surface area (Å²) in [5, 5.41) is 12.2. The van der Waals surface area contributed by atoms with Crippen molar-refractivity contribution >= 4 is 0 Å². The Morgan fingerprint density at radius 3 is 2.57 bits per heavy atom. The lowest BCUT2D eigenvalue weighted by molar-refractivity contribution is 0.295. The van der Waals surface area contributed by atoms with E-state index in [4.69, 9.17) is 5.26 Å². The topological polar surface area (TPSA) is 35.8 Å². The Hall–Kier alpha value is -0.550. The molecule has 1 fully saturated rings. The zero-order valence-corrected chi connectivity index (χ0v) is 9.47. The summed E-state index contributed by atoms with van der Waals surface area (Å²) in [5.41, 5.74) is 0.503.